The molecule has 2 rings (SSSR count). The monoisotopic (exact) mass is 409 g/mol. The molecule has 0 saturated heterocycles. The summed E-state index contributed by atoms with van der Waals surface area (Å²) in [7, 11) is 0. The second-order valence-electron chi connectivity index (χ2n) is 7.04. The summed E-state index contributed by atoms with van der Waals surface area (Å²) in [6, 6.07) is 7.12. The number of Topliss-reactive ketones (excluding diaryl/α,β-unsaturated/α-hetero) is 1. The van der Waals surface area contributed by atoms with Gasteiger partial charge in [0.25, 0.3) is 0 Å². The van der Waals surface area contributed by atoms with Crippen LogP contribution in [0.1, 0.15) is 46.5 Å². The fourth-order valence-electron chi connectivity index (χ4n) is 2.87. The van der Waals surface area contributed by atoms with Gasteiger partial charge >= 0.3 is 6.18 Å². The Morgan fingerprint density at radius 2 is 1.83 bits per heavy atom. The topological polar surface area (TPSA) is 89.6 Å². The van der Waals surface area contributed by atoms with Crippen molar-refractivity contribution in [2.24, 2.45) is 11.7 Å². The van der Waals surface area contributed by atoms with Crippen LogP contribution < -0.4 is 10.5 Å². The summed E-state index contributed by atoms with van der Waals surface area (Å²) in [5.74, 6) is -3.37. The van der Waals surface area contributed by atoms with Gasteiger partial charge in [-0.2, -0.15) is 13.2 Å². The summed E-state index contributed by atoms with van der Waals surface area (Å²) in [4.78, 5) is 23.1. The van der Waals surface area contributed by atoms with Crippen LogP contribution in [0.15, 0.2) is 30.3 Å². The van der Waals surface area contributed by atoms with Crippen LogP contribution in [0.4, 0.5) is 13.2 Å². The molecular formula is C21H22F3NO4. The normalized spacial score (nSPS) is 11.6. The van der Waals surface area contributed by atoms with Gasteiger partial charge in [-0.25, -0.2) is 0 Å². The molecule has 5 nitrogen and oxygen atoms in total. The van der Waals surface area contributed by atoms with E-state index in [9.17, 15) is 27.9 Å². The zero-order valence-corrected chi connectivity index (χ0v) is 16.3. The van der Waals surface area contributed by atoms with Crippen LogP contribution in [-0.4, -0.2) is 16.8 Å². The molecule has 0 heterocycles. The molecule has 0 radical (unpaired) electrons. The number of amides is 1. The minimum atomic E-state index is -4.91. The van der Waals surface area contributed by atoms with Gasteiger partial charge in [0.15, 0.2) is 5.78 Å². The number of hydrogen-bond acceptors (Lipinski definition) is 4. The van der Waals surface area contributed by atoms with Crippen LogP contribution in [0.2, 0.25) is 0 Å². The van der Waals surface area contributed by atoms with E-state index in [2.05, 4.69) is 0 Å². The average molecular weight is 409 g/mol. The van der Waals surface area contributed by atoms with Crippen LogP contribution >= 0.6 is 0 Å². The number of aryl methyl sites for hydroxylation is 1. The number of benzene rings is 2. The smallest absolute Gasteiger partial charge is 0.423 e. The van der Waals surface area contributed by atoms with Crippen molar-refractivity contribution in [3.63, 3.8) is 0 Å². The lowest BCUT2D eigenvalue weighted by atomic mass is 9.97. The number of hydrogen-bond donors (Lipinski definition) is 2. The molecule has 0 fully saturated rings. The zero-order chi connectivity index (χ0) is 21.9. The van der Waals surface area contributed by atoms with Crippen molar-refractivity contribution >= 4 is 11.7 Å². The van der Waals surface area contributed by atoms with Crippen molar-refractivity contribution in [1.82, 2.24) is 0 Å². The molecule has 0 aliphatic heterocycles. The molecule has 2 aromatic rings. The Labute approximate surface area is 166 Å². The van der Waals surface area contributed by atoms with Gasteiger partial charge in [0.1, 0.15) is 23.7 Å². The first-order valence-corrected chi connectivity index (χ1v) is 8.88. The number of rotatable bonds is 7. The Kier molecular flexibility index (Phi) is 6.56. The van der Waals surface area contributed by atoms with E-state index in [1.165, 1.54) is 13.8 Å². The van der Waals surface area contributed by atoms with Crippen LogP contribution in [0, 0.1) is 12.8 Å². The summed E-state index contributed by atoms with van der Waals surface area (Å²) >= 11 is 0. The molecular weight excluding hydrogens is 387 g/mol. The number of primary amides is 1. The molecule has 1 amide bonds. The second kappa shape index (κ2) is 8.55. The Balaban J connectivity index is 2.33. The fraction of sp³-hybridized carbons (Fsp3) is 0.333. The number of alkyl halides is 3. The first-order chi connectivity index (χ1) is 13.4. The van der Waals surface area contributed by atoms with E-state index in [0.29, 0.717) is 11.1 Å². The van der Waals surface area contributed by atoms with Crippen LogP contribution in [-0.2, 0) is 24.0 Å². The Morgan fingerprint density at radius 1 is 1.17 bits per heavy atom. The summed E-state index contributed by atoms with van der Waals surface area (Å²) in [6.45, 7) is 4.62. The number of carbonyl (C=O) groups is 2. The third-order valence-electron chi connectivity index (χ3n) is 4.38. The highest BCUT2D eigenvalue weighted by atomic mass is 19.4. The predicted molar refractivity (Wildman–Crippen MR) is 101 cm³/mol. The predicted octanol–water partition coefficient (Wildman–Crippen LogP) is 4.16. The number of carbonyl (C=O) groups excluding carboxylic acids is 2. The van der Waals surface area contributed by atoms with Gasteiger partial charge in [0.05, 0.1) is 12.0 Å². The van der Waals surface area contributed by atoms with Crippen molar-refractivity contribution in [1.29, 1.82) is 0 Å². The van der Waals surface area contributed by atoms with Crippen LogP contribution in [0.5, 0.6) is 11.5 Å². The van der Waals surface area contributed by atoms with Crippen LogP contribution in [0.3, 0.4) is 0 Å². The SMILES string of the molecule is Cc1cc(COc2ccc(C(=O)C(C)C)c(O)c2C(F)(F)F)ccc1CC(N)=O. The highest BCUT2D eigenvalue weighted by molar-refractivity contribution is 6.00. The summed E-state index contributed by atoms with van der Waals surface area (Å²) in [6.07, 6.45) is -4.85. The van der Waals surface area contributed by atoms with Gasteiger partial charge in [-0.05, 0) is 35.7 Å². The van der Waals surface area contributed by atoms with Crippen molar-refractivity contribution in [2.75, 3.05) is 0 Å². The molecule has 0 spiro atoms. The fourth-order valence-corrected chi connectivity index (χ4v) is 2.87. The summed E-state index contributed by atoms with van der Waals surface area (Å²) < 4.78 is 45.9. The third kappa shape index (κ3) is 5.28. The molecule has 0 unspecified atom stereocenters. The van der Waals surface area contributed by atoms with Gasteiger partial charge in [-0.1, -0.05) is 32.0 Å². The van der Waals surface area contributed by atoms with Gasteiger partial charge in [0.2, 0.25) is 5.91 Å². The van der Waals surface area contributed by atoms with Crippen molar-refractivity contribution in [3.8, 4) is 11.5 Å². The van der Waals surface area contributed by atoms with Crippen molar-refractivity contribution in [2.45, 2.75) is 40.0 Å². The first kappa shape index (κ1) is 22.3. The molecule has 156 valence electrons. The second-order valence-corrected chi connectivity index (χ2v) is 7.04. The number of ketones is 1. The molecule has 0 saturated carbocycles. The highest BCUT2D eigenvalue weighted by Gasteiger charge is 2.39. The van der Waals surface area contributed by atoms with E-state index >= 15 is 0 Å². The lowest BCUT2D eigenvalue weighted by Gasteiger charge is -2.18. The summed E-state index contributed by atoms with van der Waals surface area (Å²) in [5, 5.41) is 10.1. The average Bonchev–Trinajstić information content (AvgIpc) is 2.60. The minimum absolute atomic E-state index is 0.0599. The van der Waals surface area contributed by atoms with E-state index in [0.717, 1.165) is 17.7 Å². The maximum atomic E-state index is 13.5. The number of phenols is 1. The Morgan fingerprint density at radius 3 is 2.34 bits per heavy atom. The molecule has 0 atom stereocenters. The molecule has 8 heteroatoms. The molecule has 3 N–H and O–H groups in total. The maximum Gasteiger partial charge on any atom is 0.423 e. The van der Waals surface area contributed by atoms with E-state index in [4.69, 9.17) is 10.5 Å². The lowest BCUT2D eigenvalue weighted by molar-refractivity contribution is -0.140. The number of aromatic hydroxyl groups is 1. The largest absolute Gasteiger partial charge is 0.506 e. The van der Waals surface area contributed by atoms with E-state index in [1.807, 2.05) is 0 Å². The Hall–Kier alpha value is -3.03. The number of ether oxygens (including phenoxy) is 1. The molecule has 0 bridgehead atoms. The summed E-state index contributed by atoms with van der Waals surface area (Å²) in [5.41, 5.74) is 5.43. The van der Waals surface area contributed by atoms with Gasteiger partial charge < -0.3 is 15.6 Å². The molecule has 0 aliphatic rings. The van der Waals surface area contributed by atoms with E-state index in [1.54, 1.807) is 25.1 Å². The van der Waals surface area contributed by atoms with Gasteiger partial charge in [-0.3, -0.25) is 9.59 Å². The minimum Gasteiger partial charge on any atom is -0.506 e. The lowest BCUT2D eigenvalue weighted by Crippen LogP contribution is -2.15. The van der Waals surface area contributed by atoms with E-state index in [-0.39, 0.29) is 13.0 Å². The number of halogens is 3. The van der Waals surface area contributed by atoms with E-state index < -0.39 is 46.4 Å². The van der Waals surface area contributed by atoms with Gasteiger partial charge in [-0.15, -0.1) is 0 Å². The molecule has 0 aliphatic carbocycles. The first-order valence-electron chi connectivity index (χ1n) is 8.88. The molecule has 2 aromatic carbocycles. The molecule has 29 heavy (non-hydrogen) atoms. The van der Waals surface area contributed by atoms with Gasteiger partial charge in [0, 0.05) is 5.92 Å². The molecule has 0 aromatic heterocycles. The standard InChI is InChI=1S/C21H22F3NO4/c1-11(2)19(27)15-6-7-16(18(20(15)28)21(22,23)24)29-10-13-4-5-14(9-17(25)26)12(3)8-13/h4-8,11,28H,9-10H2,1-3H3,(H2,25,26). The van der Waals surface area contributed by atoms with Crippen molar-refractivity contribution < 1.29 is 32.6 Å². The number of nitrogens with two attached hydrogens (primary N) is 1. The zero-order valence-electron chi connectivity index (χ0n) is 16.3. The third-order valence-corrected chi connectivity index (χ3v) is 4.38. The highest BCUT2D eigenvalue weighted by Crippen LogP contribution is 2.44. The van der Waals surface area contributed by atoms with Crippen LogP contribution in [0.25, 0.3) is 0 Å². The van der Waals surface area contributed by atoms with Crippen molar-refractivity contribution in [3.05, 3.63) is 58.1 Å². The Bertz CT molecular complexity index is 936. The maximum absolute atomic E-state index is 13.5. The number of phenolic OH excluding ortho intramolecular Hbond substituents is 1. The quantitative estimate of drug-likeness (QED) is 0.672.